The molecule has 0 aromatic heterocycles. The standard InChI is InChI=1S/C10H17O7PS2/c11-8(12)4-3-7(10(13)14)6-18(15,20-16)19-9-2-1-5-17-9/h7,9,16H,1-6H2,(H,11,12)(H,13,14). The molecule has 7 nitrogen and oxygen atoms in total. The minimum atomic E-state index is -3.23. The molecule has 3 atom stereocenters. The topological polar surface area (TPSA) is 121 Å². The van der Waals surface area contributed by atoms with E-state index >= 15 is 0 Å². The van der Waals surface area contributed by atoms with E-state index in [1.54, 1.807) is 0 Å². The normalized spacial score (nSPS) is 23.1. The molecule has 1 aliphatic rings. The molecule has 3 unspecified atom stereocenters. The average Bonchev–Trinajstić information content (AvgIpc) is 2.86. The van der Waals surface area contributed by atoms with Crippen molar-refractivity contribution in [2.24, 2.45) is 5.92 Å². The van der Waals surface area contributed by atoms with E-state index in [1.165, 1.54) is 0 Å². The maximum absolute atomic E-state index is 12.5. The second kappa shape index (κ2) is 8.29. The van der Waals surface area contributed by atoms with Crippen LogP contribution in [0.4, 0.5) is 0 Å². The molecule has 1 fully saturated rings. The van der Waals surface area contributed by atoms with Crippen molar-refractivity contribution in [1.82, 2.24) is 0 Å². The van der Waals surface area contributed by atoms with Crippen LogP contribution in [0.5, 0.6) is 0 Å². The third-order valence-electron chi connectivity index (χ3n) is 2.79. The Morgan fingerprint density at radius 1 is 1.40 bits per heavy atom. The quantitative estimate of drug-likeness (QED) is 0.428. The minimum absolute atomic E-state index is 0.110. The van der Waals surface area contributed by atoms with Crippen molar-refractivity contribution in [2.45, 2.75) is 31.1 Å². The molecule has 1 rings (SSSR count). The van der Waals surface area contributed by atoms with E-state index in [1.807, 2.05) is 0 Å². The first-order chi connectivity index (χ1) is 9.36. The van der Waals surface area contributed by atoms with Crippen LogP contribution in [0.2, 0.25) is 0 Å². The predicted molar refractivity (Wildman–Crippen MR) is 77.3 cm³/mol. The zero-order valence-electron chi connectivity index (χ0n) is 10.6. The summed E-state index contributed by atoms with van der Waals surface area (Å²) in [5.74, 6) is -3.35. The SMILES string of the molecule is O=C(O)CCC(CP(=O)(SO)SC1CCCO1)C(=O)O. The van der Waals surface area contributed by atoms with E-state index in [9.17, 15) is 18.7 Å². The summed E-state index contributed by atoms with van der Waals surface area (Å²) < 4.78 is 27.0. The van der Waals surface area contributed by atoms with Gasteiger partial charge in [-0.1, -0.05) is 11.4 Å². The van der Waals surface area contributed by atoms with Crippen molar-refractivity contribution in [3.8, 4) is 0 Å². The zero-order valence-corrected chi connectivity index (χ0v) is 13.2. The fraction of sp³-hybridized carbons (Fsp3) is 0.800. The van der Waals surface area contributed by atoms with Crippen LogP contribution in [0.3, 0.4) is 0 Å². The lowest BCUT2D eigenvalue weighted by molar-refractivity contribution is -0.142. The smallest absolute Gasteiger partial charge is 0.307 e. The lowest BCUT2D eigenvalue weighted by atomic mass is 10.1. The number of carboxylic acids is 2. The molecule has 116 valence electrons. The van der Waals surface area contributed by atoms with Gasteiger partial charge in [-0.25, -0.2) is 0 Å². The van der Waals surface area contributed by atoms with Crippen molar-refractivity contribution < 1.29 is 33.7 Å². The number of hydrogen-bond acceptors (Lipinski definition) is 7. The number of hydrogen-bond donors (Lipinski definition) is 3. The second-order valence-corrected chi connectivity index (χ2v) is 12.2. The molecule has 0 aromatic carbocycles. The highest BCUT2D eigenvalue weighted by Crippen LogP contribution is 2.70. The molecule has 0 spiro atoms. The Morgan fingerprint density at radius 3 is 2.55 bits per heavy atom. The fourth-order valence-corrected chi connectivity index (χ4v) is 8.06. The van der Waals surface area contributed by atoms with Crippen LogP contribution in [-0.4, -0.2) is 44.9 Å². The highest BCUT2D eigenvalue weighted by molar-refractivity contribution is 8.89. The van der Waals surface area contributed by atoms with Gasteiger partial charge in [0.05, 0.1) is 17.6 Å². The van der Waals surface area contributed by atoms with Gasteiger partial charge in [-0.15, -0.1) is 0 Å². The largest absolute Gasteiger partial charge is 0.481 e. The first-order valence-corrected chi connectivity index (χ1v) is 10.8. The van der Waals surface area contributed by atoms with Crippen LogP contribution in [0.1, 0.15) is 25.7 Å². The predicted octanol–water partition coefficient (Wildman–Crippen LogP) is 2.82. The van der Waals surface area contributed by atoms with Gasteiger partial charge in [-0.3, -0.25) is 14.2 Å². The molecule has 0 aromatic rings. The van der Waals surface area contributed by atoms with Crippen LogP contribution in [0.25, 0.3) is 0 Å². The maximum Gasteiger partial charge on any atom is 0.307 e. The number of carbonyl (C=O) groups is 2. The zero-order chi connectivity index (χ0) is 15.2. The van der Waals surface area contributed by atoms with E-state index < -0.39 is 23.4 Å². The van der Waals surface area contributed by atoms with Crippen molar-refractivity contribution in [2.75, 3.05) is 12.8 Å². The van der Waals surface area contributed by atoms with Crippen LogP contribution < -0.4 is 0 Å². The van der Waals surface area contributed by atoms with Crippen LogP contribution >= 0.6 is 28.6 Å². The summed E-state index contributed by atoms with van der Waals surface area (Å²) in [5, 5.41) is 17.6. The third kappa shape index (κ3) is 6.05. The van der Waals surface area contributed by atoms with Crippen molar-refractivity contribution in [3.05, 3.63) is 0 Å². The van der Waals surface area contributed by atoms with E-state index in [-0.39, 0.29) is 36.1 Å². The van der Waals surface area contributed by atoms with Crippen LogP contribution in [0.15, 0.2) is 0 Å². The van der Waals surface area contributed by atoms with Gasteiger partial charge >= 0.3 is 11.9 Å². The van der Waals surface area contributed by atoms with Gasteiger partial charge in [-0.05, 0) is 19.3 Å². The van der Waals surface area contributed by atoms with Crippen molar-refractivity contribution in [3.63, 3.8) is 0 Å². The van der Waals surface area contributed by atoms with Crippen molar-refractivity contribution >= 4 is 40.5 Å². The summed E-state index contributed by atoms with van der Waals surface area (Å²) in [6.07, 6.45) is 0.886. The van der Waals surface area contributed by atoms with Gasteiger partial charge in [-0.2, -0.15) is 0 Å². The summed E-state index contributed by atoms with van der Waals surface area (Å²) in [7, 11) is 0. The highest BCUT2D eigenvalue weighted by atomic mass is 33.1. The monoisotopic (exact) mass is 344 g/mol. The number of rotatable bonds is 9. The average molecular weight is 344 g/mol. The van der Waals surface area contributed by atoms with Crippen LogP contribution in [0, 0.1) is 5.92 Å². The summed E-state index contributed by atoms with van der Waals surface area (Å²) in [5.41, 5.74) is -3.53. The van der Waals surface area contributed by atoms with E-state index in [0.29, 0.717) is 13.0 Å². The molecule has 0 bridgehead atoms. The molecule has 0 amide bonds. The first-order valence-electron chi connectivity index (χ1n) is 6.03. The molecule has 1 saturated heterocycles. The Kier molecular flexibility index (Phi) is 7.39. The molecule has 1 heterocycles. The molecule has 1 aliphatic heterocycles. The Hall–Kier alpha value is -0.210. The summed E-state index contributed by atoms with van der Waals surface area (Å²) in [6, 6.07) is 0. The fourth-order valence-electron chi connectivity index (χ4n) is 1.77. The molecular weight excluding hydrogens is 327 g/mol. The molecular formula is C10H17O7PS2. The molecule has 20 heavy (non-hydrogen) atoms. The Bertz CT molecular complexity index is 397. The molecule has 0 saturated carbocycles. The highest BCUT2D eigenvalue weighted by Gasteiger charge is 2.36. The third-order valence-corrected chi connectivity index (χ3v) is 9.54. The Labute approximate surface area is 124 Å². The van der Waals surface area contributed by atoms with E-state index in [2.05, 4.69) is 0 Å². The molecule has 0 aliphatic carbocycles. The lowest BCUT2D eigenvalue weighted by Crippen LogP contribution is -2.19. The van der Waals surface area contributed by atoms with Gasteiger partial charge in [0.25, 0.3) is 0 Å². The molecule has 3 N–H and O–H groups in total. The van der Waals surface area contributed by atoms with Gasteiger partial charge < -0.3 is 19.5 Å². The van der Waals surface area contributed by atoms with Crippen LogP contribution in [-0.2, 0) is 18.9 Å². The van der Waals surface area contributed by atoms with Gasteiger partial charge in [0.2, 0.25) is 5.55 Å². The molecule has 10 heteroatoms. The van der Waals surface area contributed by atoms with Crippen molar-refractivity contribution in [1.29, 1.82) is 0 Å². The maximum atomic E-state index is 12.5. The van der Waals surface area contributed by atoms with Gasteiger partial charge in [0, 0.05) is 19.2 Å². The van der Waals surface area contributed by atoms with Gasteiger partial charge in [0.15, 0.2) is 0 Å². The number of ether oxygens (including phenoxy) is 1. The number of carboxylic acid groups (broad SMARTS) is 2. The van der Waals surface area contributed by atoms with E-state index in [0.717, 1.165) is 17.8 Å². The number of aliphatic carboxylic acids is 2. The molecule has 0 radical (unpaired) electrons. The van der Waals surface area contributed by atoms with Gasteiger partial charge in [0.1, 0.15) is 5.44 Å². The minimum Gasteiger partial charge on any atom is -0.481 e. The second-order valence-electron chi connectivity index (χ2n) is 4.39. The Morgan fingerprint density at radius 2 is 2.10 bits per heavy atom. The Balaban J connectivity index is 2.63. The lowest BCUT2D eigenvalue weighted by Gasteiger charge is -2.20. The summed E-state index contributed by atoms with van der Waals surface area (Å²) >= 11 is 1.14. The first kappa shape index (κ1) is 17.8. The summed E-state index contributed by atoms with van der Waals surface area (Å²) in [6.45, 7) is 0.565. The van der Waals surface area contributed by atoms with E-state index in [4.69, 9.17) is 14.9 Å². The summed E-state index contributed by atoms with van der Waals surface area (Å²) in [4.78, 5) is 21.6.